The van der Waals surface area contributed by atoms with Gasteiger partial charge in [0.15, 0.2) is 18.2 Å². The van der Waals surface area contributed by atoms with Crippen molar-refractivity contribution in [1.82, 2.24) is 6.15 Å². The number of aliphatic carboxylic acids is 2. The molecule has 22 nitrogen and oxygen atoms in total. The number of halogens is 4. The third-order valence-electron chi connectivity index (χ3n) is 11.8. The van der Waals surface area contributed by atoms with Gasteiger partial charge in [0.2, 0.25) is 0 Å². The molecule has 7 rings (SSSR count). The standard InChI is InChI=1S/C21H22N2O2.C20H21NO5.C10H10ClNO3.C10H12O2.C2H4O2.CH2O3.3ClH.Cs.H3N/c1-25-21(24)12-16-7-9-17(10-8-16)18-13-20(23-14-18)19(22)11-15-5-3-2-4-6-15;1-14(12-15-6-4-3-5-7-15)19(23)26-13-18(22)16-8-10-17(11-9-16)21-20(24)25-2;1-15-10(14)12-8-4-2-7(3-5-8)9(13)6-11;1-8(10(11)12)7-9-5-3-2-4-6-9;1-2(3)4;2-1-4-3;;;;;/h2-10,14,19H,11-13,22H2,1H3;3-11,14H,12-13H2,1-2H3,(H,21,24);2-5H,6H2,1H3,(H,12,14);2-6,8H,7H2,1H3,(H,11,12);1H3,(H,3,4);1,3H;3*1H;;1H3/q;;;;;;;;;+1;/p-1/t19-;14-;;8-;;;;;;;/m00.0......./s1. The molecule has 6 aromatic carbocycles. The maximum absolute atomic E-state index is 12.1. The number of allylic oxidation sites excluding steroid dienone is 1. The maximum Gasteiger partial charge on any atom is 1.00 e. The van der Waals surface area contributed by atoms with Crippen molar-refractivity contribution in [3.05, 3.63) is 209 Å². The minimum Gasteiger partial charge on any atom is -0.662 e. The quantitative estimate of drug-likeness (QED) is 0.00806. The molecule has 1 aliphatic rings. The van der Waals surface area contributed by atoms with Gasteiger partial charge < -0.3 is 51.2 Å². The van der Waals surface area contributed by atoms with Gasteiger partial charge in [0, 0.05) is 53.8 Å². The number of amides is 2. The monoisotopic (exact) mass is 1460 g/mol. The van der Waals surface area contributed by atoms with Crippen molar-refractivity contribution in [2.24, 2.45) is 22.6 Å². The fourth-order valence-electron chi connectivity index (χ4n) is 7.27. The normalized spacial score (nSPS) is 11.0. The molecule has 3 atom stereocenters. The Morgan fingerprint density at radius 1 is 0.615 bits per heavy atom. The Morgan fingerprint density at radius 2 is 1.01 bits per heavy atom. The predicted octanol–water partition coefficient (Wildman–Crippen LogP) is 7.82. The molecule has 0 saturated heterocycles. The third kappa shape index (κ3) is 39.1. The minimum atomic E-state index is -0.833. The molecule has 6 aromatic rings. The molecular formula is C64H76Cl4CsN5O17. The Kier molecular flexibility index (Phi) is 52.3. The summed E-state index contributed by atoms with van der Waals surface area (Å²) in [4.78, 5) is 104. The molecule has 0 unspecified atom stereocenters. The van der Waals surface area contributed by atoms with E-state index in [2.05, 4.69) is 42.1 Å². The number of carboxylic acid groups (broad SMARTS) is 2. The number of hydrogen-bond acceptors (Lipinski definition) is 18. The Balaban J connectivity index is -0.000000541. The van der Waals surface area contributed by atoms with Gasteiger partial charge >= 0.3 is 99.0 Å². The molecule has 27 heteroatoms. The van der Waals surface area contributed by atoms with Gasteiger partial charge in [-0.15, -0.1) is 48.8 Å². The molecule has 488 valence electrons. The van der Waals surface area contributed by atoms with Crippen LogP contribution in [0.5, 0.6) is 0 Å². The van der Waals surface area contributed by atoms with E-state index in [9.17, 15) is 33.6 Å². The molecule has 0 spiro atoms. The van der Waals surface area contributed by atoms with E-state index >= 15 is 0 Å². The summed E-state index contributed by atoms with van der Waals surface area (Å²) < 4.78 is 18.7. The molecular weight excluding hydrogens is 1390 g/mol. The second-order valence-corrected chi connectivity index (χ2v) is 18.7. The number of ketones is 2. The molecule has 0 radical (unpaired) electrons. The number of nitrogens with zero attached hydrogens (tertiary/aromatic N) is 1. The predicted molar refractivity (Wildman–Crippen MR) is 349 cm³/mol. The van der Waals surface area contributed by atoms with E-state index in [-0.39, 0.29) is 167 Å². The number of aliphatic imine (C=N–C) groups is 1. The number of benzene rings is 6. The molecule has 0 fully saturated rings. The summed E-state index contributed by atoms with van der Waals surface area (Å²) >= 11 is 5.39. The summed E-state index contributed by atoms with van der Waals surface area (Å²) in [5.74, 6) is -3.36. The van der Waals surface area contributed by atoms with Crippen LogP contribution in [0.4, 0.5) is 21.0 Å². The first-order valence-corrected chi connectivity index (χ1v) is 26.8. The topological polar surface area (TPSA) is 361 Å². The van der Waals surface area contributed by atoms with Crippen LogP contribution < -0.4 is 96.7 Å². The number of nitrogens with one attached hydrogen (secondary N) is 2. The zero-order chi connectivity index (χ0) is 63.8. The molecule has 1 aliphatic heterocycles. The molecule has 0 bridgehead atoms. The first kappa shape index (κ1) is 90.5. The second-order valence-electron chi connectivity index (χ2n) is 18.4. The Labute approximate surface area is 611 Å². The minimum absolute atomic E-state index is 0. The number of hydrogen-bond donors (Lipinski definition) is 6. The number of rotatable bonds is 20. The zero-order valence-electron chi connectivity index (χ0n) is 51.3. The van der Waals surface area contributed by atoms with E-state index in [0.29, 0.717) is 41.8 Å². The Bertz CT molecular complexity index is 3150. The number of anilines is 2. The smallest absolute Gasteiger partial charge is 0.662 e. The van der Waals surface area contributed by atoms with Crippen LogP contribution in [0.3, 0.4) is 0 Å². The molecule has 1 heterocycles. The van der Waals surface area contributed by atoms with Crippen molar-refractivity contribution >= 4 is 126 Å². The van der Waals surface area contributed by atoms with Crippen molar-refractivity contribution in [3.8, 4) is 0 Å². The SMILES string of the molecule is CC(=O)O.COC(=O)Cc1ccc(C2=CN=C([C@@H](N)Cc3ccccc3)C2)cc1.COC(=O)Nc1ccc(C(=O)CCl)cc1.COC(=O)Nc1ccc(C(=O)COC(=O)[C@@H](C)Cc2ccccc2)cc1.C[C@@H](Cc1ccccc1)C(=O)O.Cl.Cl.Cl.N.O=CO[O-].[Cs+]. The second kappa shape index (κ2) is 52.7. The molecule has 2 amide bonds. The van der Waals surface area contributed by atoms with Gasteiger partial charge in [0.25, 0.3) is 12.4 Å². The maximum atomic E-state index is 12.1. The summed E-state index contributed by atoms with van der Waals surface area (Å²) in [5, 5.41) is 29.4. The molecule has 9 N–H and O–H groups in total. The number of methoxy groups -OCH3 is 3. The average Bonchev–Trinajstić information content (AvgIpc) is 2.12. The van der Waals surface area contributed by atoms with E-state index in [1.807, 2.05) is 109 Å². The van der Waals surface area contributed by atoms with Gasteiger partial charge in [0.1, 0.15) is 0 Å². The summed E-state index contributed by atoms with van der Waals surface area (Å²) in [6.45, 7) is 4.07. The van der Waals surface area contributed by atoms with Crippen LogP contribution in [0.25, 0.3) is 5.57 Å². The number of ether oxygens (including phenoxy) is 4. The van der Waals surface area contributed by atoms with Crippen LogP contribution in [0.2, 0.25) is 0 Å². The van der Waals surface area contributed by atoms with Gasteiger partial charge in [-0.1, -0.05) is 129 Å². The van der Waals surface area contributed by atoms with Gasteiger partial charge in [-0.3, -0.25) is 49.2 Å². The van der Waals surface area contributed by atoms with Crippen molar-refractivity contribution in [3.63, 3.8) is 0 Å². The number of esters is 2. The van der Waals surface area contributed by atoms with Crippen LogP contribution >= 0.6 is 48.8 Å². The largest absolute Gasteiger partial charge is 1.00 e. The summed E-state index contributed by atoms with van der Waals surface area (Å²) in [7, 11) is 3.94. The van der Waals surface area contributed by atoms with Crippen LogP contribution in [-0.4, -0.2) is 110 Å². The third-order valence-corrected chi connectivity index (χ3v) is 12.0. The number of Topliss-reactive ketones (excluding diaryl/α,β-unsaturated/α-hetero) is 2. The van der Waals surface area contributed by atoms with E-state index < -0.39 is 30.1 Å². The van der Waals surface area contributed by atoms with Crippen LogP contribution in [-0.2, 0) is 73.5 Å². The summed E-state index contributed by atoms with van der Waals surface area (Å²) in [6, 6.07) is 50.0. The van der Waals surface area contributed by atoms with E-state index in [4.69, 9.17) is 51.9 Å². The Morgan fingerprint density at radius 3 is 1.38 bits per heavy atom. The van der Waals surface area contributed by atoms with E-state index in [0.717, 1.165) is 53.3 Å². The number of alkyl halides is 1. The van der Waals surface area contributed by atoms with Crippen molar-refractivity contribution in [1.29, 1.82) is 0 Å². The molecule has 0 aliphatic carbocycles. The van der Waals surface area contributed by atoms with Crippen LogP contribution in [0.1, 0.15) is 75.7 Å². The number of carbonyl (C=O) groups is 9. The van der Waals surface area contributed by atoms with Gasteiger partial charge in [-0.05, 0) is 101 Å². The first-order chi connectivity index (χ1) is 41.2. The first-order valence-electron chi connectivity index (χ1n) is 26.3. The van der Waals surface area contributed by atoms with Gasteiger partial charge in [-0.25, -0.2) is 9.59 Å². The van der Waals surface area contributed by atoms with E-state index in [1.54, 1.807) is 62.4 Å². The van der Waals surface area contributed by atoms with Crippen molar-refractivity contribution in [2.45, 2.75) is 58.9 Å². The molecule has 0 saturated carbocycles. The summed E-state index contributed by atoms with van der Waals surface area (Å²) in [5.41, 5.74) is 15.9. The fraction of sp³-hybridized carbons (Fsp3) is 0.250. The van der Waals surface area contributed by atoms with Gasteiger partial charge in [-0.2, -0.15) is 0 Å². The van der Waals surface area contributed by atoms with Crippen molar-refractivity contribution < 1.29 is 151 Å². The summed E-state index contributed by atoms with van der Waals surface area (Å²) in [6.07, 6.45) is 3.77. The van der Waals surface area contributed by atoms with Crippen molar-refractivity contribution in [2.75, 3.05) is 44.4 Å². The number of carbonyl (C=O) groups excluding carboxylic acids is 7. The molecule has 91 heavy (non-hydrogen) atoms. The Hall–Kier alpha value is -6.95. The number of nitrogens with two attached hydrogens (primary N) is 1. The zero-order valence-corrected chi connectivity index (χ0v) is 60.8. The van der Waals surface area contributed by atoms with E-state index in [1.165, 1.54) is 26.9 Å². The van der Waals surface area contributed by atoms with Gasteiger partial charge in [0.05, 0.1) is 45.5 Å². The van der Waals surface area contributed by atoms with Crippen LogP contribution in [0, 0.1) is 11.8 Å². The van der Waals surface area contributed by atoms with Crippen LogP contribution in [0.15, 0.2) is 175 Å². The fourth-order valence-corrected chi connectivity index (χ4v) is 7.43. The average molecular weight is 1460 g/mol. The number of carboxylic acids is 2. The molecule has 0 aromatic heterocycles.